The zero-order chi connectivity index (χ0) is 17.9. The van der Waals surface area contributed by atoms with Crippen molar-refractivity contribution in [2.45, 2.75) is 24.7 Å². The summed E-state index contributed by atoms with van der Waals surface area (Å²) in [5.74, 6) is -1.22. The molecule has 8 heteroatoms. The molecule has 1 aliphatic rings. The van der Waals surface area contributed by atoms with E-state index in [-0.39, 0.29) is 12.3 Å². The number of thiazole rings is 1. The molecule has 1 aliphatic heterocycles. The summed E-state index contributed by atoms with van der Waals surface area (Å²) in [6, 6.07) is 6.31. The zero-order valence-electron chi connectivity index (χ0n) is 13.5. The Kier molecular flexibility index (Phi) is 5.10. The van der Waals surface area contributed by atoms with Gasteiger partial charge in [-0.05, 0) is 18.9 Å². The summed E-state index contributed by atoms with van der Waals surface area (Å²) in [5.41, 5.74) is 5.01. The monoisotopic (exact) mass is 363 g/mol. The third-order valence-corrected chi connectivity index (χ3v) is 5.10. The van der Waals surface area contributed by atoms with Crippen LogP contribution in [0.3, 0.4) is 0 Å². The maximum absolute atomic E-state index is 14.4. The lowest BCUT2D eigenvalue weighted by molar-refractivity contribution is -0.125. The van der Waals surface area contributed by atoms with E-state index in [1.54, 1.807) is 23.6 Å². The standard InChI is InChI=1S/C17H18FN3O3S/c18-13-4-2-1-3-12(13)17(5-7-24-8-6-17)15(23)21-16-20-11(10-25-16)9-14(19)22/h1-4,10H,5-9H2,(H2,19,22)(H,20,21,23). The third kappa shape index (κ3) is 3.69. The molecule has 1 aromatic carbocycles. The van der Waals surface area contributed by atoms with Crippen molar-refractivity contribution in [3.8, 4) is 0 Å². The maximum Gasteiger partial charge on any atom is 0.237 e. The Morgan fingerprint density at radius 3 is 2.72 bits per heavy atom. The molecule has 1 fully saturated rings. The van der Waals surface area contributed by atoms with E-state index in [0.29, 0.717) is 42.4 Å². The fourth-order valence-electron chi connectivity index (χ4n) is 3.03. The minimum atomic E-state index is -1.00. The van der Waals surface area contributed by atoms with Crippen LogP contribution in [0, 0.1) is 5.82 Å². The van der Waals surface area contributed by atoms with Gasteiger partial charge in [0.1, 0.15) is 5.82 Å². The number of nitrogens with zero attached hydrogens (tertiary/aromatic N) is 1. The Morgan fingerprint density at radius 2 is 2.04 bits per heavy atom. The van der Waals surface area contributed by atoms with E-state index in [1.165, 1.54) is 17.4 Å². The van der Waals surface area contributed by atoms with Gasteiger partial charge in [0.25, 0.3) is 0 Å². The van der Waals surface area contributed by atoms with E-state index >= 15 is 0 Å². The second-order valence-electron chi connectivity index (χ2n) is 5.92. The Balaban J connectivity index is 1.86. The van der Waals surface area contributed by atoms with Crippen LogP contribution in [0.5, 0.6) is 0 Å². The lowest BCUT2D eigenvalue weighted by atomic mass is 9.73. The Hall–Kier alpha value is -2.32. The summed E-state index contributed by atoms with van der Waals surface area (Å²) in [6.07, 6.45) is 0.789. The largest absolute Gasteiger partial charge is 0.381 e. The molecule has 0 radical (unpaired) electrons. The van der Waals surface area contributed by atoms with Crippen LogP contribution in [-0.4, -0.2) is 30.0 Å². The lowest BCUT2D eigenvalue weighted by Crippen LogP contribution is -2.45. The van der Waals surface area contributed by atoms with Crippen molar-refractivity contribution in [3.63, 3.8) is 0 Å². The van der Waals surface area contributed by atoms with Crippen molar-refractivity contribution in [1.82, 2.24) is 4.98 Å². The van der Waals surface area contributed by atoms with Crippen LogP contribution in [-0.2, 0) is 26.2 Å². The molecule has 0 unspecified atom stereocenters. The average molecular weight is 363 g/mol. The molecule has 0 spiro atoms. The van der Waals surface area contributed by atoms with Crippen molar-refractivity contribution in [1.29, 1.82) is 0 Å². The summed E-state index contributed by atoms with van der Waals surface area (Å²) < 4.78 is 19.7. The van der Waals surface area contributed by atoms with E-state index in [9.17, 15) is 14.0 Å². The van der Waals surface area contributed by atoms with Crippen LogP contribution in [0.15, 0.2) is 29.6 Å². The number of anilines is 1. The average Bonchev–Trinajstić information content (AvgIpc) is 3.02. The number of aromatic nitrogens is 1. The fraction of sp³-hybridized carbons (Fsp3) is 0.353. The Morgan fingerprint density at radius 1 is 1.32 bits per heavy atom. The van der Waals surface area contributed by atoms with Gasteiger partial charge in [-0.2, -0.15) is 0 Å². The number of carbonyl (C=O) groups is 2. The highest BCUT2D eigenvalue weighted by Gasteiger charge is 2.43. The van der Waals surface area contributed by atoms with Crippen LogP contribution in [0.1, 0.15) is 24.1 Å². The summed E-state index contributed by atoms with van der Waals surface area (Å²) in [4.78, 5) is 28.2. The Bertz CT molecular complexity index is 787. The highest BCUT2D eigenvalue weighted by molar-refractivity contribution is 7.14. The van der Waals surface area contributed by atoms with E-state index < -0.39 is 17.1 Å². The van der Waals surface area contributed by atoms with Crippen molar-refractivity contribution >= 4 is 28.3 Å². The van der Waals surface area contributed by atoms with Gasteiger partial charge < -0.3 is 15.8 Å². The predicted molar refractivity (Wildman–Crippen MR) is 91.8 cm³/mol. The summed E-state index contributed by atoms with van der Waals surface area (Å²) in [5, 5.41) is 4.80. The molecule has 25 heavy (non-hydrogen) atoms. The molecule has 0 aliphatic carbocycles. The first-order chi connectivity index (χ1) is 12.0. The molecular weight excluding hydrogens is 345 g/mol. The molecule has 6 nitrogen and oxygen atoms in total. The smallest absolute Gasteiger partial charge is 0.237 e. The van der Waals surface area contributed by atoms with Crippen molar-refractivity contribution < 1.29 is 18.7 Å². The first kappa shape index (κ1) is 17.5. The third-order valence-electron chi connectivity index (χ3n) is 4.30. The SMILES string of the molecule is NC(=O)Cc1csc(NC(=O)C2(c3ccccc3F)CCOCC2)n1. The molecule has 1 saturated heterocycles. The minimum absolute atomic E-state index is 0.0126. The van der Waals surface area contributed by atoms with Crippen LogP contribution in [0.2, 0.25) is 0 Å². The number of carbonyl (C=O) groups excluding carboxylic acids is 2. The summed E-state index contributed by atoms with van der Waals surface area (Å²) in [7, 11) is 0. The highest BCUT2D eigenvalue weighted by atomic mass is 32.1. The van der Waals surface area contributed by atoms with Gasteiger partial charge in [0.2, 0.25) is 11.8 Å². The number of benzene rings is 1. The van der Waals surface area contributed by atoms with Crippen LogP contribution < -0.4 is 11.1 Å². The molecule has 2 heterocycles. The molecular formula is C17H18FN3O3S. The van der Waals surface area contributed by atoms with Crippen LogP contribution in [0.4, 0.5) is 9.52 Å². The van der Waals surface area contributed by atoms with Crippen LogP contribution in [0.25, 0.3) is 0 Å². The van der Waals surface area contributed by atoms with Crippen molar-refractivity contribution in [3.05, 3.63) is 46.7 Å². The van der Waals surface area contributed by atoms with Crippen molar-refractivity contribution in [2.24, 2.45) is 5.73 Å². The summed E-state index contributed by atoms with van der Waals surface area (Å²) >= 11 is 1.21. The molecule has 3 N–H and O–H groups in total. The van der Waals surface area contributed by atoms with Gasteiger partial charge in [0, 0.05) is 24.2 Å². The molecule has 132 valence electrons. The molecule has 1 aromatic heterocycles. The number of primary amides is 1. The zero-order valence-corrected chi connectivity index (χ0v) is 14.3. The van der Waals surface area contributed by atoms with Crippen molar-refractivity contribution in [2.75, 3.05) is 18.5 Å². The minimum Gasteiger partial charge on any atom is -0.381 e. The number of nitrogens with one attached hydrogen (secondary N) is 1. The summed E-state index contributed by atoms with van der Waals surface area (Å²) in [6.45, 7) is 0.763. The number of amides is 2. The number of rotatable bonds is 5. The van der Waals surface area contributed by atoms with E-state index in [1.807, 2.05) is 0 Å². The maximum atomic E-state index is 14.4. The van der Waals surface area contributed by atoms with Gasteiger partial charge in [-0.1, -0.05) is 18.2 Å². The van der Waals surface area contributed by atoms with Gasteiger partial charge >= 0.3 is 0 Å². The van der Waals surface area contributed by atoms with Gasteiger partial charge in [-0.25, -0.2) is 9.37 Å². The normalized spacial score (nSPS) is 16.4. The second kappa shape index (κ2) is 7.28. The van der Waals surface area contributed by atoms with Gasteiger partial charge in [0.05, 0.1) is 17.5 Å². The van der Waals surface area contributed by atoms with Gasteiger partial charge in [-0.3, -0.25) is 9.59 Å². The number of hydrogen-bond donors (Lipinski definition) is 2. The topological polar surface area (TPSA) is 94.3 Å². The first-order valence-corrected chi connectivity index (χ1v) is 8.76. The molecule has 2 amide bonds. The van der Waals surface area contributed by atoms with E-state index in [2.05, 4.69) is 10.3 Å². The second-order valence-corrected chi connectivity index (χ2v) is 6.77. The molecule has 0 bridgehead atoms. The lowest BCUT2D eigenvalue weighted by Gasteiger charge is -2.36. The number of halogens is 1. The van der Waals surface area contributed by atoms with E-state index in [0.717, 1.165) is 0 Å². The molecule has 0 atom stereocenters. The number of nitrogens with two attached hydrogens (primary N) is 1. The fourth-order valence-corrected chi connectivity index (χ4v) is 3.73. The molecule has 3 rings (SSSR count). The number of hydrogen-bond acceptors (Lipinski definition) is 5. The highest BCUT2D eigenvalue weighted by Crippen LogP contribution is 2.37. The quantitative estimate of drug-likeness (QED) is 0.849. The predicted octanol–water partition coefficient (Wildman–Crippen LogP) is 2.00. The van der Waals surface area contributed by atoms with Gasteiger partial charge in [0.15, 0.2) is 5.13 Å². The van der Waals surface area contributed by atoms with Crippen LogP contribution >= 0.6 is 11.3 Å². The Labute approximate surface area is 148 Å². The number of ether oxygens (including phenoxy) is 1. The molecule has 0 saturated carbocycles. The van der Waals surface area contributed by atoms with Gasteiger partial charge in [-0.15, -0.1) is 11.3 Å². The first-order valence-electron chi connectivity index (χ1n) is 7.88. The molecule has 2 aromatic rings. The van der Waals surface area contributed by atoms with E-state index in [4.69, 9.17) is 10.5 Å².